The molecule has 2 unspecified atom stereocenters. The Bertz CT molecular complexity index is 571. The number of hydrogen-bond acceptors (Lipinski definition) is 6. The maximum atomic E-state index is 10.9. The van der Waals surface area contributed by atoms with E-state index in [-0.39, 0.29) is 60.7 Å². The minimum absolute atomic E-state index is 0. The van der Waals surface area contributed by atoms with Crippen LogP contribution in [0.2, 0.25) is 0 Å². The number of carbonyl (C=O) groups is 2. The van der Waals surface area contributed by atoms with Gasteiger partial charge in [0.1, 0.15) is 0 Å². The molecule has 0 heterocycles. The molecular formula is C40H78BaO4S2. The summed E-state index contributed by atoms with van der Waals surface area (Å²) in [5, 5.41) is 21.8. The summed E-state index contributed by atoms with van der Waals surface area (Å²) in [5.74, 6) is -1.09. The number of rotatable bonds is 36. The summed E-state index contributed by atoms with van der Waals surface area (Å²) < 4.78 is 0. The Hall–Kier alpha value is 1.21. The van der Waals surface area contributed by atoms with Gasteiger partial charge >= 0.3 is 48.9 Å². The van der Waals surface area contributed by atoms with E-state index >= 15 is 0 Å². The quantitative estimate of drug-likeness (QED) is 0.0375. The average molecular weight is 825 g/mol. The number of carboxylic acids is 2. The van der Waals surface area contributed by atoms with Crippen molar-refractivity contribution >= 4 is 86.1 Å². The molecule has 0 aliphatic heterocycles. The Balaban J connectivity index is -0.000000807. The predicted molar refractivity (Wildman–Crippen MR) is 210 cm³/mol. The second kappa shape index (κ2) is 45.2. The largest absolute Gasteiger partial charge is 2.00 e. The van der Waals surface area contributed by atoms with Crippen LogP contribution in [0, 0.1) is 11.8 Å². The topological polar surface area (TPSA) is 80.3 Å². The molecule has 0 aliphatic carbocycles. The van der Waals surface area contributed by atoms with Crippen molar-refractivity contribution in [2.75, 3.05) is 11.5 Å². The first kappa shape index (κ1) is 52.6. The molecule has 0 aromatic heterocycles. The first-order valence-corrected chi connectivity index (χ1v) is 21.3. The molecule has 0 spiro atoms. The predicted octanol–water partition coefficient (Wildman–Crippen LogP) is 10.7. The summed E-state index contributed by atoms with van der Waals surface area (Å²) in [6.45, 7) is 4.54. The first-order valence-electron chi connectivity index (χ1n) is 20.1. The van der Waals surface area contributed by atoms with Crippen molar-refractivity contribution in [3.63, 3.8) is 0 Å². The Kier molecular flexibility index (Phi) is 50.6. The molecule has 4 nitrogen and oxygen atoms in total. The summed E-state index contributed by atoms with van der Waals surface area (Å²) in [5.41, 5.74) is 0. The molecule has 0 amide bonds. The SMILES string of the molecule is CCCCCCCCCCCCCCCCC(CCS)C(=O)[O-].CCCCCCCCCCCCCCCCC(CCS)C(=O)[O-].[Ba+2]. The van der Waals surface area contributed by atoms with Gasteiger partial charge in [-0.15, -0.1) is 0 Å². The monoisotopic (exact) mass is 824 g/mol. The number of carbonyl (C=O) groups excluding carboxylic acids is 2. The molecule has 0 aromatic rings. The van der Waals surface area contributed by atoms with E-state index < -0.39 is 11.9 Å². The van der Waals surface area contributed by atoms with Crippen LogP contribution in [-0.4, -0.2) is 72.3 Å². The van der Waals surface area contributed by atoms with E-state index in [0.29, 0.717) is 24.3 Å². The van der Waals surface area contributed by atoms with E-state index in [4.69, 9.17) is 0 Å². The summed E-state index contributed by atoms with van der Waals surface area (Å²) in [4.78, 5) is 21.8. The fourth-order valence-electron chi connectivity index (χ4n) is 6.24. The fraction of sp³-hybridized carbons (Fsp3) is 0.950. The van der Waals surface area contributed by atoms with Crippen LogP contribution in [0.5, 0.6) is 0 Å². The van der Waals surface area contributed by atoms with Gasteiger partial charge in [-0.05, 0) is 49.0 Å². The zero-order valence-electron chi connectivity index (χ0n) is 31.4. The van der Waals surface area contributed by atoms with Crippen LogP contribution in [0.3, 0.4) is 0 Å². The molecule has 0 fully saturated rings. The number of hydrogen-bond donors (Lipinski definition) is 2. The molecule has 0 rings (SSSR count). The smallest absolute Gasteiger partial charge is 0.550 e. The summed E-state index contributed by atoms with van der Waals surface area (Å²) in [7, 11) is 0. The van der Waals surface area contributed by atoms with Gasteiger partial charge in [-0.25, -0.2) is 0 Å². The minimum Gasteiger partial charge on any atom is -0.550 e. The van der Waals surface area contributed by atoms with Crippen molar-refractivity contribution < 1.29 is 19.8 Å². The Morgan fingerprint density at radius 1 is 0.383 bits per heavy atom. The molecule has 0 bridgehead atoms. The van der Waals surface area contributed by atoms with Crippen LogP contribution in [0.15, 0.2) is 0 Å². The van der Waals surface area contributed by atoms with E-state index in [1.807, 2.05) is 0 Å². The zero-order valence-corrected chi connectivity index (χ0v) is 37.7. The third kappa shape index (κ3) is 43.3. The maximum absolute atomic E-state index is 10.9. The molecule has 0 saturated heterocycles. The third-order valence-electron chi connectivity index (χ3n) is 9.43. The van der Waals surface area contributed by atoms with Crippen molar-refractivity contribution in [2.24, 2.45) is 11.8 Å². The van der Waals surface area contributed by atoms with Gasteiger partial charge in [-0.2, -0.15) is 25.3 Å². The molecule has 276 valence electrons. The summed E-state index contributed by atoms with van der Waals surface area (Å²) in [6, 6.07) is 0. The van der Waals surface area contributed by atoms with E-state index in [2.05, 4.69) is 39.1 Å². The molecule has 7 heteroatoms. The van der Waals surface area contributed by atoms with Crippen molar-refractivity contribution in [3.8, 4) is 0 Å². The summed E-state index contributed by atoms with van der Waals surface area (Å²) in [6.07, 6.45) is 40.1. The van der Waals surface area contributed by atoms with Gasteiger partial charge in [0.05, 0.1) is 0 Å². The van der Waals surface area contributed by atoms with E-state index in [9.17, 15) is 19.8 Å². The molecule has 0 N–H and O–H groups in total. The van der Waals surface area contributed by atoms with Crippen molar-refractivity contribution in [2.45, 2.75) is 219 Å². The molecule has 0 saturated carbocycles. The van der Waals surface area contributed by atoms with Crippen LogP contribution in [-0.2, 0) is 9.59 Å². The molecule has 0 radical (unpaired) electrons. The van der Waals surface area contributed by atoms with Gasteiger partial charge in [0.15, 0.2) is 0 Å². The summed E-state index contributed by atoms with van der Waals surface area (Å²) >= 11 is 8.22. The van der Waals surface area contributed by atoms with Crippen LogP contribution in [0.4, 0.5) is 0 Å². The first-order chi connectivity index (χ1) is 22.4. The molecule has 0 aliphatic rings. The van der Waals surface area contributed by atoms with Crippen LogP contribution in [0.25, 0.3) is 0 Å². The van der Waals surface area contributed by atoms with Crippen LogP contribution >= 0.6 is 25.3 Å². The van der Waals surface area contributed by atoms with Gasteiger partial charge in [0.2, 0.25) is 0 Å². The van der Waals surface area contributed by atoms with E-state index in [1.54, 1.807) is 0 Å². The fourth-order valence-corrected chi connectivity index (χ4v) is 6.87. The van der Waals surface area contributed by atoms with Crippen molar-refractivity contribution in [1.82, 2.24) is 0 Å². The van der Waals surface area contributed by atoms with Gasteiger partial charge in [-0.3, -0.25) is 0 Å². The van der Waals surface area contributed by atoms with Crippen molar-refractivity contribution in [1.29, 1.82) is 0 Å². The number of carboxylic acid groups (broad SMARTS) is 2. The standard InChI is InChI=1S/2C20H40O2S.Ba/c2*1-2-3-4-5-6-7-8-9-10-11-12-13-14-15-16-19(17-18-23)20(21)22;/h2*19,23H,2-18H2,1H3,(H,21,22);/q;;+2/p-2. The second-order valence-corrected chi connectivity index (χ2v) is 14.7. The van der Waals surface area contributed by atoms with E-state index in [0.717, 1.165) is 38.5 Å². The third-order valence-corrected chi connectivity index (χ3v) is 9.95. The van der Waals surface area contributed by atoms with E-state index in [1.165, 1.54) is 154 Å². The molecular weight excluding hydrogens is 746 g/mol. The normalized spacial score (nSPS) is 12.2. The number of aliphatic carboxylic acids is 2. The minimum atomic E-state index is -0.895. The number of unbranched alkanes of at least 4 members (excludes halogenated alkanes) is 26. The van der Waals surface area contributed by atoms with Crippen LogP contribution in [0.1, 0.15) is 219 Å². The zero-order chi connectivity index (χ0) is 34.4. The Morgan fingerprint density at radius 3 is 0.745 bits per heavy atom. The van der Waals surface area contributed by atoms with Crippen molar-refractivity contribution in [3.05, 3.63) is 0 Å². The number of thiol groups is 2. The molecule has 2 atom stereocenters. The van der Waals surface area contributed by atoms with Gasteiger partial charge in [0, 0.05) is 11.9 Å². The van der Waals surface area contributed by atoms with Crippen LogP contribution < -0.4 is 10.2 Å². The van der Waals surface area contributed by atoms with Gasteiger partial charge in [-0.1, -0.05) is 194 Å². The molecule has 47 heavy (non-hydrogen) atoms. The Morgan fingerprint density at radius 2 is 0.574 bits per heavy atom. The Labute approximate surface area is 345 Å². The molecule has 0 aromatic carbocycles. The maximum Gasteiger partial charge on any atom is 2.00 e. The van der Waals surface area contributed by atoms with Gasteiger partial charge in [0.25, 0.3) is 0 Å². The average Bonchev–Trinajstić information content (AvgIpc) is 3.04. The van der Waals surface area contributed by atoms with Gasteiger partial charge < -0.3 is 19.8 Å². The second-order valence-electron chi connectivity index (χ2n) is 13.8.